The van der Waals surface area contributed by atoms with Crippen molar-refractivity contribution in [1.29, 1.82) is 5.26 Å². The van der Waals surface area contributed by atoms with Crippen LogP contribution in [0.3, 0.4) is 0 Å². The van der Waals surface area contributed by atoms with Crippen LogP contribution in [0.25, 0.3) is 6.08 Å². The lowest BCUT2D eigenvalue weighted by Gasteiger charge is -2.35. The molecule has 2 aromatic rings. The number of nitrogens with zero attached hydrogens (tertiary/aromatic N) is 3. The third-order valence-electron chi connectivity index (χ3n) is 5.00. The van der Waals surface area contributed by atoms with Gasteiger partial charge in [-0.3, -0.25) is 9.97 Å². The summed E-state index contributed by atoms with van der Waals surface area (Å²) in [6.07, 6.45) is 11.0. The molecule has 2 aromatic heterocycles. The number of aromatic nitrogens is 2. The molecule has 0 saturated heterocycles. The number of hydrogen-bond acceptors (Lipinski definition) is 5. The molecular weight excluding hydrogens is 336 g/mol. The quantitative estimate of drug-likeness (QED) is 0.877. The van der Waals surface area contributed by atoms with E-state index in [1.807, 2.05) is 30.5 Å². The molecule has 0 fully saturated rings. The molecule has 0 unspecified atom stereocenters. The van der Waals surface area contributed by atoms with Crippen LogP contribution in [0.1, 0.15) is 36.8 Å². The average molecular weight is 356 g/mol. The molecule has 1 aliphatic carbocycles. The zero-order chi connectivity index (χ0) is 18.8. The van der Waals surface area contributed by atoms with E-state index in [1.54, 1.807) is 18.6 Å². The summed E-state index contributed by atoms with van der Waals surface area (Å²) in [5.74, 6) is 1.19. The zero-order valence-electron chi connectivity index (χ0n) is 15.1. The molecule has 0 bridgehead atoms. The lowest BCUT2D eigenvalue weighted by Crippen LogP contribution is -2.26. The maximum absolute atomic E-state index is 9.72. The first-order valence-corrected chi connectivity index (χ1v) is 8.99. The Labute approximate surface area is 158 Å². The standard InChI is InChI=1S/C22H20N4O/c1-14-8-17(10-15-4-2-6-25-12-15)21-18(9-14)20(16-5-3-7-26-13-16)19(11-23)22(24)27-21/h2-7,10,12-14,20H,8-9,24H2,1H3/b17-10-/t14-,20-/m1/s1. The summed E-state index contributed by atoms with van der Waals surface area (Å²) < 4.78 is 5.98. The van der Waals surface area contributed by atoms with Crippen molar-refractivity contribution in [2.24, 2.45) is 11.7 Å². The van der Waals surface area contributed by atoms with Crippen LogP contribution >= 0.6 is 0 Å². The zero-order valence-corrected chi connectivity index (χ0v) is 15.1. The van der Waals surface area contributed by atoms with Crippen LogP contribution in [0.5, 0.6) is 0 Å². The highest BCUT2D eigenvalue weighted by Gasteiger charge is 2.37. The Morgan fingerprint density at radius 2 is 1.96 bits per heavy atom. The number of nitrogens with two attached hydrogens (primary N) is 1. The third-order valence-corrected chi connectivity index (χ3v) is 5.00. The minimum atomic E-state index is -0.215. The van der Waals surface area contributed by atoms with Crippen molar-refractivity contribution in [1.82, 2.24) is 9.97 Å². The van der Waals surface area contributed by atoms with Crippen LogP contribution in [0.15, 0.2) is 77.4 Å². The van der Waals surface area contributed by atoms with E-state index < -0.39 is 0 Å². The fraction of sp³-hybridized carbons (Fsp3) is 0.227. The van der Waals surface area contributed by atoms with Gasteiger partial charge in [-0.25, -0.2) is 0 Å². The Morgan fingerprint density at radius 1 is 1.19 bits per heavy atom. The second-order valence-corrected chi connectivity index (χ2v) is 7.03. The molecule has 5 heteroatoms. The average Bonchev–Trinajstić information content (AvgIpc) is 2.69. The van der Waals surface area contributed by atoms with E-state index in [0.717, 1.165) is 40.9 Å². The predicted octanol–water partition coefficient (Wildman–Crippen LogP) is 4.05. The monoisotopic (exact) mass is 356 g/mol. The van der Waals surface area contributed by atoms with E-state index in [1.165, 1.54) is 0 Å². The molecular formula is C22H20N4O. The molecule has 0 spiro atoms. The molecule has 3 heterocycles. The molecule has 2 atom stereocenters. The summed E-state index contributed by atoms with van der Waals surface area (Å²) >= 11 is 0. The van der Waals surface area contributed by atoms with Crippen molar-refractivity contribution in [3.05, 3.63) is 88.5 Å². The number of pyridine rings is 2. The first-order chi connectivity index (χ1) is 13.2. The van der Waals surface area contributed by atoms with Gasteiger partial charge in [-0.15, -0.1) is 0 Å². The first-order valence-electron chi connectivity index (χ1n) is 8.99. The maximum atomic E-state index is 9.72. The largest absolute Gasteiger partial charge is 0.440 e. The number of hydrogen-bond donors (Lipinski definition) is 1. The second-order valence-electron chi connectivity index (χ2n) is 7.03. The molecule has 0 amide bonds. The third kappa shape index (κ3) is 3.22. The minimum Gasteiger partial charge on any atom is -0.440 e. The van der Waals surface area contributed by atoms with Crippen LogP contribution in [0.2, 0.25) is 0 Å². The lowest BCUT2D eigenvalue weighted by atomic mass is 9.74. The van der Waals surface area contributed by atoms with Crippen molar-refractivity contribution in [3.63, 3.8) is 0 Å². The number of ether oxygens (including phenoxy) is 1. The Hall–Kier alpha value is -3.39. The molecule has 134 valence electrons. The van der Waals surface area contributed by atoms with Crippen LogP contribution in [-0.4, -0.2) is 9.97 Å². The lowest BCUT2D eigenvalue weighted by molar-refractivity contribution is 0.268. The molecule has 5 nitrogen and oxygen atoms in total. The van der Waals surface area contributed by atoms with Gasteiger partial charge in [0.25, 0.3) is 0 Å². The Kier molecular flexibility index (Phi) is 4.47. The molecule has 2 N–H and O–H groups in total. The van der Waals surface area contributed by atoms with Gasteiger partial charge in [0.1, 0.15) is 17.4 Å². The van der Waals surface area contributed by atoms with Crippen molar-refractivity contribution in [2.45, 2.75) is 25.7 Å². The van der Waals surface area contributed by atoms with Gasteiger partial charge in [0, 0.05) is 24.8 Å². The Bertz CT molecular complexity index is 984. The first kappa shape index (κ1) is 17.0. The summed E-state index contributed by atoms with van der Waals surface area (Å²) in [6.45, 7) is 2.22. The molecule has 0 radical (unpaired) electrons. The minimum absolute atomic E-state index is 0.178. The van der Waals surface area contributed by atoms with Gasteiger partial charge in [0.2, 0.25) is 5.88 Å². The highest BCUT2D eigenvalue weighted by molar-refractivity contribution is 5.61. The summed E-state index contributed by atoms with van der Waals surface area (Å²) in [6, 6.07) is 10.1. The van der Waals surface area contributed by atoms with E-state index in [9.17, 15) is 5.26 Å². The van der Waals surface area contributed by atoms with E-state index in [-0.39, 0.29) is 11.8 Å². The van der Waals surface area contributed by atoms with Gasteiger partial charge in [0.05, 0.1) is 5.92 Å². The molecule has 27 heavy (non-hydrogen) atoms. The number of rotatable bonds is 2. The van der Waals surface area contributed by atoms with E-state index in [0.29, 0.717) is 11.5 Å². The van der Waals surface area contributed by atoms with Crippen molar-refractivity contribution < 1.29 is 4.74 Å². The van der Waals surface area contributed by atoms with Gasteiger partial charge < -0.3 is 10.5 Å². The molecule has 1 aliphatic heterocycles. The summed E-state index contributed by atoms with van der Waals surface area (Å²) in [4.78, 5) is 8.43. The van der Waals surface area contributed by atoms with Crippen molar-refractivity contribution >= 4 is 6.08 Å². The fourth-order valence-electron chi connectivity index (χ4n) is 3.90. The summed E-state index contributed by atoms with van der Waals surface area (Å²) in [5.41, 5.74) is 10.8. The van der Waals surface area contributed by atoms with Gasteiger partial charge in [-0.2, -0.15) is 5.26 Å². The fourth-order valence-corrected chi connectivity index (χ4v) is 3.90. The Balaban J connectivity index is 1.87. The summed E-state index contributed by atoms with van der Waals surface area (Å²) in [5, 5.41) is 9.72. The van der Waals surface area contributed by atoms with Gasteiger partial charge in [-0.05, 0) is 59.2 Å². The number of allylic oxidation sites excluding steroid dienone is 3. The molecule has 0 aromatic carbocycles. The number of nitriles is 1. The van der Waals surface area contributed by atoms with Gasteiger partial charge in [-0.1, -0.05) is 19.1 Å². The van der Waals surface area contributed by atoms with Crippen LogP contribution in [0.4, 0.5) is 0 Å². The Morgan fingerprint density at radius 3 is 2.63 bits per heavy atom. The molecule has 2 aliphatic rings. The highest BCUT2D eigenvalue weighted by Crippen LogP contribution is 2.48. The van der Waals surface area contributed by atoms with Crippen molar-refractivity contribution in [3.8, 4) is 6.07 Å². The van der Waals surface area contributed by atoms with E-state index in [2.05, 4.69) is 29.0 Å². The van der Waals surface area contributed by atoms with Crippen molar-refractivity contribution in [2.75, 3.05) is 0 Å². The normalized spacial score (nSPS) is 23.6. The van der Waals surface area contributed by atoms with Gasteiger partial charge in [0.15, 0.2) is 0 Å². The van der Waals surface area contributed by atoms with E-state index >= 15 is 0 Å². The summed E-state index contributed by atoms with van der Waals surface area (Å²) in [7, 11) is 0. The van der Waals surface area contributed by atoms with Crippen LogP contribution < -0.4 is 5.73 Å². The van der Waals surface area contributed by atoms with Crippen LogP contribution in [0, 0.1) is 17.2 Å². The molecule has 0 saturated carbocycles. The van der Waals surface area contributed by atoms with E-state index in [4.69, 9.17) is 10.5 Å². The second kappa shape index (κ2) is 7.08. The van der Waals surface area contributed by atoms with Gasteiger partial charge >= 0.3 is 0 Å². The SMILES string of the molecule is C[C@H]1CC2=C(OC(N)=C(C#N)[C@@H]2c2cccnc2)/C(=C\c2cccnc2)C1. The highest BCUT2D eigenvalue weighted by atomic mass is 16.5. The smallest absolute Gasteiger partial charge is 0.205 e. The van der Waals surface area contributed by atoms with Crippen LogP contribution in [-0.2, 0) is 4.74 Å². The molecule has 4 rings (SSSR count). The predicted molar refractivity (Wildman–Crippen MR) is 103 cm³/mol. The maximum Gasteiger partial charge on any atom is 0.205 e. The topological polar surface area (TPSA) is 84.8 Å².